The Morgan fingerprint density at radius 1 is 1.31 bits per heavy atom. The quantitative estimate of drug-likeness (QED) is 0.857. The molecule has 0 bridgehead atoms. The fourth-order valence-electron chi connectivity index (χ4n) is 2.95. The van der Waals surface area contributed by atoms with Crippen LogP contribution in [0.2, 0.25) is 0 Å². The molecule has 1 aromatic carbocycles. The number of thiazole rings is 1. The molecule has 2 aromatic rings. The van der Waals surface area contributed by atoms with Gasteiger partial charge in [0.15, 0.2) is 5.13 Å². The van der Waals surface area contributed by atoms with Gasteiger partial charge in [-0.3, -0.25) is 4.79 Å². The third-order valence-corrected chi connectivity index (χ3v) is 5.14. The molecule has 2 amide bonds. The standard InChI is InChI=1S/C18H22N4O3S/c1-2-25-18(24)22-10-8-13(9-11-22)20-16(23)15-14(21-17(19)26-15)12-6-4-3-5-7-12/h3-7,13H,2,8-11H2,1H3,(H2,19,21)(H,20,23). The number of anilines is 1. The highest BCUT2D eigenvalue weighted by Crippen LogP contribution is 2.29. The first-order chi connectivity index (χ1) is 12.6. The zero-order valence-corrected chi connectivity index (χ0v) is 15.4. The summed E-state index contributed by atoms with van der Waals surface area (Å²) >= 11 is 1.19. The maximum absolute atomic E-state index is 12.7. The SMILES string of the molecule is CCOC(=O)N1CCC(NC(=O)c2sc(N)nc2-c2ccccc2)CC1. The maximum atomic E-state index is 12.7. The Labute approximate surface area is 156 Å². The van der Waals surface area contributed by atoms with Crippen LogP contribution in [0, 0.1) is 0 Å². The number of aromatic nitrogens is 1. The first-order valence-corrected chi connectivity index (χ1v) is 9.44. The number of ether oxygens (including phenoxy) is 1. The van der Waals surface area contributed by atoms with Gasteiger partial charge in [0.25, 0.3) is 5.91 Å². The summed E-state index contributed by atoms with van der Waals surface area (Å²) in [6, 6.07) is 9.54. The van der Waals surface area contributed by atoms with E-state index in [1.165, 1.54) is 11.3 Å². The van der Waals surface area contributed by atoms with Crippen molar-refractivity contribution in [2.75, 3.05) is 25.4 Å². The van der Waals surface area contributed by atoms with E-state index in [0.29, 0.717) is 48.2 Å². The molecule has 1 fully saturated rings. The zero-order valence-electron chi connectivity index (χ0n) is 14.6. The number of carbonyl (C=O) groups is 2. The van der Waals surface area contributed by atoms with Crippen molar-refractivity contribution in [3.05, 3.63) is 35.2 Å². The summed E-state index contributed by atoms with van der Waals surface area (Å²) in [4.78, 5) is 31.0. The molecule has 8 heteroatoms. The Kier molecular flexibility index (Phi) is 5.72. The van der Waals surface area contributed by atoms with Crippen LogP contribution in [0.4, 0.5) is 9.93 Å². The molecule has 1 aromatic heterocycles. The van der Waals surface area contributed by atoms with E-state index in [1.54, 1.807) is 11.8 Å². The molecule has 1 aliphatic heterocycles. The summed E-state index contributed by atoms with van der Waals surface area (Å²) in [7, 11) is 0. The lowest BCUT2D eigenvalue weighted by Crippen LogP contribution is -2.46. The van der Waals surface area contributed by atoms with Crippen LogP contribution in [0.3, 0.4) is 0 Å². The van der Waals surface area contributed by atoms with Crippen LogP contribution < -0.4 is 11.1 Å². The van der Waals surface area contributed by atoms with E-state index in [0.717, 1.165) is 5.56 Å². The van der Waals surface area contributed by atoms with Gasteiger partial charge < -0.3 is 20.7 Å². The molecular formula is C18H22N4O3S. The highest BCUT2D eigenvalue weighted by Gasteiger charge is 2.26. The number of piperidine rings is 1. The molecular weight excluding hydrogens is 352 g/mol. The van der Waals surface area contributed by atoms with Crippen LogP contribution >= 0.6 is 11.3 Å². The van der Waals surface area contributed by atoms with Gasteiger partial charge in [-0.25, -0.2) is 9.78 Å². The number of amides is 2. The van der Waals surface area contributed by atoms with E-state index in [9.17, 15) is 9.59 Å². The van der Waals surface area contributed by atoms with E-state index >= 15 is 0 Å². The van der Waals surface area contributed by atoms with E-state index in [4.69, 9.17) is 10.5 Å². The number of nitrogens with zero attached hydrogens (tertiary/aromatic N) is 2. The predicted octanol–water partition coefficient (Wildman–Crippen LogP) is 2.74. The van der Waals surface area contributed by atoms with Crippen molar-refractivity contribution in [2.45, 2.75) is 25.8 Å². The highest BCUT2D eigenvalue weighted by atomic mass is 32.1. The Hall–Kier alpha value is -2.61. The smallest absolute Gasteiger partial charge is 0.409 e. The van der Waals surface area contributed by atoms with Crippen molar-refractivity contribution in [3.63, 3.8) is 0 Å². The summed E-state index contributed by atoms with van der Waals surface area (Å²) in [6.07, 6.45) is 1.10. The van der Waals surface area contributed by atoms with Crippen molar-refractivity contribution in [1.29, 1.82) is 0 Å². The van der Waals surface area contributed by atoms with E-state index in [2.05, 4.69) is 10.3 Å². The molecule has 2 heterocycles. The molecule has 26 heavy (non-hydrogen) atoms. The summed E-state index contributed by atoms with van der Waals surface area (Å²) < 4.78 is 5.01. The van der Waals surface area contributed by atoms with Crippen molar-refractivity contribution >= 4 is 28.5 Å². The fourth-order valence-corrected chi connectivity index (χ4v) is 3.71. The number of carbonyl (C=O) groups excluding carboxylic acids is 2. The highest BCUT2D eigenvalue weighted by molar-refractivity contribution is 7.17. The Balaban J connectivity index is 1.64. The van der Waals surface area contributed by atoms with Crippen molar-refractivity contribution in [2.24, 2.45) is 0 Å². The van der Waals surface area contributed by atoms with Crippen LogP contribution in [0.5, 0.6) is 0 Å². The average molecular weight is 374 g/mol. The second kappa shape index (κ2) is 8.18. The molecule has 138 valence electrons. The predicted molar refractivity (Wildman–Crippen MR) is 101 cm³/mol. The summed E-state index contributed by atoms with van der Waals surface area (Å²) in [5, 5.41) is 3.41. The first kappa shape index (κ1) is 18.2. The molecule has 0 atom stereocenters. The van der Waals surface area contributed by atoms with Gasteiger partial charge in [-0.1, -0.05) is 41.7 Å². The number of likely N-dealkylation sites (tertiary alicyclic amines) is 1. The largest absolute Gasteiger partial charge is 0.450 e. The van der Waals surface area contributed by atoms with E-state index in [1.807, 2.05) is 30.3 Å². The number of nitrogens with one attached hydrogen (secondary N) is 1. The summed E-state index contributed by atoms with van der Waals surface area (Å²) in [5.74, 6) is -0.173. The number of rotatable bonds is 4. The summed E-state index contributed by atoms with van der Waals surface area (Å²) in [6.45, 7) is 3.29. The molecule has 3 rings (SSSR count). The Morgan fingerprint density at radius 2 is 2.00 bits per heavy atom. The molecule has 0 radical (unpaired) electrons. The van der Waals surface area contributed by atoms with Crippen molar-refractivity contribution in [3.8, 4) is 11.3 Å². The molecule has 3 N–H and O–H groups in total. The number of hydrogen-bond acceptors (Lipinski definition) is 6. The average Bonchev–Trinajstić information content (AvgIpc) is 3.05. The van der Waals surface area contributed by atoms with Crippen LogP contribution in [-0.2, 0) is 4.74 Å². The number of nitrogen functional groups attached to an aromatic ring is 1. The van der Waals surface area contributed by atoms with E-state index < -0.39 is 0 Å². The Morgan fingerprint density at radius 3 is 2.65 bits per heavy atom. The van der Waals surface area contributed by atoms with Gasteiger partial charge in [-0.2, -0.15) is 0 Å². The topological polar surface area (TPSA) is 97.5 Å². The van der Waals surface area contributed by atoms with Gasteiger partial charge in [0.05, 0.1) is 12.3 Å². The lowest BCUT2D eigenvalue weighted by atomic mass is 10.0. The second-order valence-corrected chi connectivity index (χ2v) is 7.06. The lowest BCUT2D eigenvalue weighted by molar-refractivity contribution is 0.0863. The van der Waals surface area contributed by atoms with Crippen LogP contribution in [-0.4, -0.2) is 47.6 Å². The summed E-state index contributed by atoms with van der Waals surface area (Å²) in [5.41, 5.74) is 7.31. The van der Waals surface area contributed by atoms with E-state index in [-0.39, 0.29) is 18.0 Å². The van der Waals surface area contributed by atoms with Gasteiger partial charge in [0.1, 0.15) is 4.88 Å². The normalized spacial score (nSPS) is 14.9. The van der Waals surface area contributed by atoms with Crippen molar-refractivity contribution < 1.29 is 14.3 Å². The molecule has 0 unspecified atom stereocenters. The third-order valence-electron chi connectivity index (χ3n) is 4.25. The van der Waals surface area contributed by atoms with Crippen LogP contribution in [0.25, 0.3) is 11.3 Å². The van der Waals surface area contributed by atoms with Gasteiger partial charge in [0, 0.05) is 24.7 Å². The molecule has 1 aliphatic rings. The van der Waals surface area contributed by atoms with Crippen LogP contribution in [0.1, 0.15) is 29.4 Å². The second-order valence-electron chi connectivity index (χ2n) is 6.03. The minimum Gasteiger partial charge on any atom is -0.450 e. The fraction of sp³-hybridized carbons (Fsp3) is 0.389. The molecule has 0 spiro atoms. The third kappa shape index (κ3) is 4.13. The van der Waals surface area contributed by atoms with Gasteiger partial charge in [-0.15, -0.1) is 0 Å². The van der Waals surface area contributed by atoms with Gasteiger partial charge >= 0.3 is 6.09 Å². The van der Waals surface area contributed by atoms with Crippen LogP contribution in [0.15, 0.2) is 30.3 Å². The molecule has 7 nitrogen and oxygen atoms in total. The number of nitrogens with two attached hydrogens (primary N) is 1. The lowest BCUT2D eigenvalue weighted by Gasteiger charge is -2.31. The molecule has 0 aliphatic carbocycles. The Bertz CT molecular complexity index is 770. The molecule has 1 saturated heterocycles. The minimum atomic E-state index is -0.293. The maximum Gasteiger partial charge on any atom is 0.409 e. The minimum absolute atomic E-state index is 0.0140. The van der Waals surface area contributed by atoms with Gasteiger partial charge in [-0.05, 0) is 19.8 Å². The molecule has 0 saturated carbocycles. The monoisotopic (exact) mass is 374 g/mol. The number of hydrogen-bond donors (Lipinski definition) is 2. The first-order valence-electron chi connectivity index (χ1n) is 8.62. The van der Waals surface area contributed by atoms with Gasteiger partial charge in [0.2, 0.25) is 0 Å². The zero-order chi connectivity index (χ0) is 18.5. The number of benzene rings is 1. The van der Waals surface area contributed by atoms with Crippen molar-refractivity contribution in [1.82, 2.24) is 15.2 Å².